The summed E-state index contributed by atoms with van der Waals surface area (Å²) in [5, 5.41) is 11.3. The second kappa shape index (κ2) is 9.08. The molecule has 3 aromatic carbocycles. The van der Waals surface area contributed by atoms with Gasteiger partial charge in [-0.1, -0.05) is 70.9 Å². The van der Waals surface area contributed by atoms with Gasteiger partial charge in [-0.25, -0.2) is 5.01 Å². The van der Waals surface area contributed by atoms with Gasteiger partial charge in [0, 0.05) is 6.20 Å². The first kappa shape index (κ1) is 21.5. The van der Waals surface area contributed by atoms with Crippen molar-refractivity contribution in [2.75, 3.05) is 5.01 Å². The highest BCUT2D eigenvalue weighted by Crippen LogP contribution is 2.31. The molecule has 30 heavy (non-hydrogen) atoms. The second-order valence-electron chi connectivity index (χ2n) is 8.21. The Balaban J connectivity index is 2.12. The number of benzene rings is 3. The Bertz CT molecular complexity index is 1060. The first-order valence-corrected chi connectivity index (χ1v) is 10.4. The standard InChI is InChI=1S/C27H31N3/c1-18-13-20(3)26(21(4)14-18)28-29-30(17-24(7)25-11-9-8-10-12-25)27-22(5)15-19(2)16-23(27)6/h8-17H,1-7H3/b24-17+,29-28?. The maximum absolute atomic E-state index is 4.71. The molecule has 3 aromatic rings. The smallest absolute Gasteiger partial charge is 0.0932 e. The molecular formula is C27H31N3. The topological polar surface area (TPSA) is 28.0 Å². The van der Waals surface area contributed by atoms with Crippen LogP contribution in [0, 0.1) is 41.5 Å². The Labute approximate surface area is 180 Å². The van der Waals surface area contributed by atoms with E-state index in [-0.39, 0.29) is 0 Å². The number of hydrogen-bond donors (Lipinski definition) is 0. The maximum atomic E-state index is 4.71. The van der Waals surface area contributed by atoms with Crippen LogP contribution < -0.4 is 5.01 Å². The van der Waals surface area contributed by atoms with E-state index in [2.05, 4.69) is 108 Å². The van der Waals surface area contributed by atoms with Crippen LogP contribution in [0.3, 0.4) is 0 Å². The summed E-state index contributed by atoms with van der Waals surface area (Å²) >= 11 is 0. The summed E-state index contributed by atoms with van der Waals surface area (Å²) in [4.78, 5) is 0. The Morgan fingerprint density at radius 2 is 1.23 bits per heavy atom. The Hall–Kier alpha value is -3.20. The van der Waals surface area contributed by atoms with Gasteiger partial charge in [0.1, 0.15) is 0 Å². The molecule has 3 rings (SSSR count). The van der Waals surface area contributed by atoms with Crippen molar-refractivity contribution < 1.29 is 0 Å². The minimum absolute atomic E-state index is 0.929. The molecule has 0 aliphatic rings. The van der Waals surface area contributed by atoms with Crippen LogP contribution in [-0.2, 0) is 0 Å². The zero-order valence-electron chi connectivity index (χ0n) is 19.1. The average Bonchev–Trinajstić information content (AvgIpc) is 2.66. The van der Waals surface area contributed by atoms with Crippen LogP contribution in [0.4, 0.5) is 11.4 Å². The fraction of sp³-hybridized carbons (Fsp3) is 0.259. The van der Waals surface area contributed by atoms with E-state index in [4.69, 9.17) is 5.22 Å². The van der Waals surface area contributed by atoms with E-state index in [1.54, 1.807) is 0 Å². The first-order valence-electron chi connectivity index (χ1n) is 10.4. The van der Waals surface area contributed by atoms with Gasteiger partial charge < -0.3 is 0 Å². The maximum Gasteiger partial charge on any atom is 0.0932 e. The molecule has 0 radical (unpaired) electrons. The number of aryl methyl sites for hydroxylation is 6. The third kappa shape index (κ3) is 4.85. The Morgan fingerprint density at radius 1 is 0.733 bits per heavy atom. The molecule has 154 valence electrons. The van der Waals surface area contributed by atoms with Crippen LogP contribution in [0.25, 0.3) is 5.57 Å². The van der Waals surface area contributed by atoms with Gasteiger partial charge in [0.2, 0.25) is 0 Å². The van der Waals surface area contributed by atoms with Crippen molar-refractivity contribution in [2.45, 2.75) is 48.5 Å². The van der Waals surface area contributed by atoms with Crippen LogP contribution in [-0.4, -0.2) is 0 Å². The minimum Gasteiger partial charge on any atom is -0.222 e. The van der Waals surface area contributed by atoms with Crippen molar-refractivity contribution in [2.24, 2.45) is 10.3 Å². The Kier molecular flexibility index (Phi) is 6.51. The van der Waals surface area contributed by atoms with E-state index in [0.717, 1.165) is 28.1 Å². The highest BCUT2D eigenvalue weighted by atomic mass is 15.5. The third-order valence-electron chi connectivity index (χ3n) is 5.29. The molecule has 0 atom stereocenters. The highest BCUT2D eigenvalue weighted by Gasteiger charge is 2.13. The van der Waals surface area contributed by atoms with Crippen LogP contribution >= 0.6 is 0 Å². The predicted molar refractivity (Wildman–Crippen MR) is 128 cm³/mol. The van der Waals surface area contributed by atoms with Crippen molar-refractivity contribution >= 4 is 16.9 Å². The van der Waals surface area contributed by atoms with E-state index >= 15 is 0 Å². The zero-order chi connectivity index (χ0) is 21.8. The van der Waals surface area contributed by atoms with E-state index in [1.165, 1.54) is 27.8 Å². The number of hydrogen-bond acceptors (Lipinski definition) is 2. The molecule has 0 heterocycles. The summed E-state index contributed by atoms with van der Waals surface area (Å²) in [6.07, 6.45) is 2.07. The van der Waals surface area contributed by atoms with Crippen LogP contribution in [0.2, 0.25) is 0 Å². The molecule has 0 aliphatic heterocycles. The fourth-order valence-electron chi connectivity index (χ4n) is 4.05. The summed E-state index contributed by atoms with van der Waals surface area (Å²) in [6.45, 7) is 14.8. The van der Waals surface area contributed by atoms with Gasteiger partial charge >= 0.3 is 0 Å². The van der Waals surface area contributed by atoms with Gasteiger partial charge in [-0.15, -0.1) is 5.11 Å². The number of rotatable bonds is 5. The van der Waals surface area contributed by atoms with Crippen molar-refractivity contribution in [1.82, 2.24) is 0 Å². The molecular weight excluding hydrogens is 366 g/mol. The average molecular weight is 398 g/mol. The number of nitrogens with zero attached hydrogens (tertiary/aromatic N) is 3. The summed E-state index contributed by atoms with van der Waals surface area (Å²) in [7, 11) is 0. The third-order valence-corrected chi connectivity index (χ3v) is 5.29. The van der Waals surface area contributed by atoms with Gasteiger partial charge in [0.25, 0.3) is 0 Å². The Morgan fingerprint density at radius 3 is 1.77 bits per heavy atom. The number of anilines is 1. The lowest BCUT2D eigenvalue weighted by atomic mass is 10.0. The molecule has 0 amide bonds. The predicted octanol–water partition coefficient (Wildman–Crippen LogP) is 8.10. The van der Waals surface area contributed by atoms with Crippen molar-refractivity contribution in [1.29, 1.82) is 0 Å². The summed E-state index contributed by atoms with van der Waals surface area (Å²) in [5.41, 5.74) is 11.4. The van der Waals surface area contributed by atoms with Crippen molar-refractivity contribution in [3.8, 4) is 0 Å². The van der Waals surface area contributed by atoms with Gasteiger partial charge in [-0.3, -0.25) is 0 Å². The first-order chi connectivity index (χ1) is 14.3. The molecule has 0 bridgehead atoms. The molecule has 0 unspecified atom stereocenters. The quantitative estimate of drug-likeness (QED) is 0.316. The van der Waals surface area contributed by atoms with E-state index in [0.29, 0.717) is 0 Å². The molecule has 0 aromatic heterocycles. The fourth-order valence-corrected chi connectivity index (χ4v) is 4.05. The molecule has 3 heteroatoms. The highest BCUT2D eigenvalue weighted by molar-refractivity contribution is 5.70. The lowest BCUT2D eigenvalue weighted by Crippen LogP contribution is -2.11. The van der Waals surface area contributed by atoms with Crippen LogP contribution in [0.1, 0.15) is 45.9 Å². The molecule has 0 N–H and O–H groups in total. The van der Waals surface area contributed by atoms with E-state index < -0.39 is 0 Å². The van der Waals surface area contributed by atoms with Crippen LogP contribution in [0.5, 0.6) is 0 Å². The molecule has 0 spiro atoms. The van der Waals surface area contributed by atoms with Crippen LogP contribution in [0.15, 0.2) is 71.1 Å². The van der Waals surface area contributed by atoms with Gasteiger partial charge in [-0.05, 0) is 81.9 Å². The van der Waals surface area contributed by atoms with E-state index in [9.17, 15) is 0 Å². The monoisotopic (exact) mass is 397 g/mol. The normalized spacial score (nSPS) is 11.9. The van der Waals surface area contributed by atoms with Crippen molar-refractivity contribution in [3.63, 3.8) is 0 Å². The summed E-state index contributed by atoms with van der Waals surface area (Å²) < 4.78 is 0. The van der Waals surface area contributed by atoms with Gasteiger partial charge in [0.15, 0.2) is 0 Å². The lowest BCUT2D eigenvalue weighted by Gasteiger charge is -2.20. The largest absolute Gasteiger partial charge is 0.222 e. The second-order valence-corrected chi connectivity index (χ2v) is 8.21. The zero-order valence-corrected chi connectivity index (χ0v) is 19.1. The van der Waals surface area contributed by atoms with E-state index in [1.807, 2.05) is 11.1 Å². The molecule has 0 fully saturated rings. The lowest BCUT2D eigenvalue weighted by molar-refractivity contribution is 0.947. The summed E-state index contributed by atoms with van der Waals surface area (Å²) in [6, 6.07) is 19.1. The molecule has 3 nitrogen and oxygen atoms in total. The molecule has 0 saturated heterocycles. The molecule has 0 saturated carbocycles. The summed E-state index contributed by atoms with van der Waals surface area (Å²) in [5.74, 6) is 0. The SMILES string of the molecule is C/C(=C\N(N=Nc1c(C)cc(C)cc1C)c1c(C)cc(C)cc1C)c1ccccc1. The molecule has 0 aliphatic carbocycles. The van der Waals surface area contributed by atoms with Crippen molar-refractivity contribution in [3.05, 3.63) is 99.7 Å². The number of allylic oxidation sites excluding steroid dienone is 1. The van der Waals surface area contributed by atoms with Gasteiger partial charge in [0.05, 0.1) is 11.4 Å². The minimum atomic E-state index is 0.929. The van der Waals surface area contributed by atoms with Gasteiger partial charge in [-0.2, -0.15) is 0 Å².